The lowest BCUT2D eigenvalue weighted by Crippen LogP contribution is -2.01. The van der Waals surface area contributed by atoms with E-state index in [1.165, 1.54) is 11.3 Å². The number of hydrogen-bond acceptors (Lipinski definition) is 2. The predicted molar refractivity (Wildman–Crippen MR) is 54.9 cm³/mol. The van der Waals surface area contributed by atoms with Gasteiger partial charge >= 0.3 is 0 Å². The molecule has 2 heteroatoms. The summed E-state index contributed by atoms with van der Waals surface area (Å²) in [6.45, 7) is 2.18. The molecule has 0 spiro atoms. The Balaban J connectivity index is 2.01. The average molecular weight is 187 g/mol. The number of rotatable bonds is 2. The zero-order chi connectivity index (χ0) is 9.54. The van der Waals surface area contributed by atoms with E-state index in [2.05, 4.69) is 36.2 Å². The van der Waals surface area contributed by atoms with E-state index in [1.54, 1.807) is 0 Å². The minimum atomic E-state index is 0.256. The van der Waals surface area contributed by atoms with E-state index in [9.17, 15) is 0 Å². The molecule has 1 aromatic rings. The summed E-state index contributed by atoms with van der Waals surface area (Å²) < 4.78 is 5.49. The van der Waals surface area contributed by atoms with Gasteiger partial charge in [-0.2, -0.15) is 0 Å². The lowest BCUT2D eigenvalue weighted by atomic mass is 10.0. The second-order valence-corrected chi connectivity index (χ2v) is 3.91. The van der Waals surface area contributed by atoms with Gasteiger partial charge in [0.05, 0.1) is 5.69 Å². The van der Waals surface area contributed by atoms with Crippen molar-refractivity contribution in [3.8, 4) is 0 Å². The van der Waals surface area contributed by atoms with Crippen molar-refractivity contribution < 1.29 is 4.74 Å². The van der Waals surface area contributed by atoms with Gasteiger partial charge in [0.25, 0.3) is 0 Å². The van der Waals surface area contributed by atoms with E-state index in [1.807, 2.05) is 0 Å². The molecule has 2 aliphatic rings. The smallest absolute Gasteiger partial charge is 0.131 e. The lowest BCUT2D eigenvalue weighted by Gasteiger charge is -2.07. The van der Waals surface area contributed by atoms with Gasteiger partial charge in [0.1, 0.15) is 12.2 Å². The van der Waals surface area contributed by atoms with Crippen molar-refractivity contribution in [2.75, 3.05) is 0 Å². The molecule has 14 heavy (non-hydrogen) atoms. The van der Waals surface area contributed by atoms with Crippen molar-refractivity contribution >= 4 is 6.08 Å². The highest BCUT2D eigenvalue weighted by Gasteiger charge is 2.42. The number of aromatic nitrogens is 1. The third-order valence-corrected chi connectivity index (χ3v) is 2.78. The molecule has 0 saturated carbocycles. The molecule has 2 heterocycles. The van der Waals surface area contributed by atoms with Crippen molar-refractivity contribution in [3.63, 3.8) is 0 Å². The standard InChI is InChI=1S/C12H13NO/c1-2-3-9-6-4-8-5-7-10-12(14-10)11(8)13-9/h4-7,10,12H,2-3H2,1H3. The van der Waals surface area contributed by atoms with Crippen LogP contribution in [0.5, 0.6) is 0 Å². The summed E-state index contributed by atoms with van der Waals surface area (Å²) in [5.41, 5.74) is 3.56. The van der Waals surface area contributed by atoms with Gasteiger partial charge in [0.2, 0.25) is 0 Å². The maximum atomic E-state index is 5.49. The van der Waals surface area contributed by atoms with E-state index in [0.717, 1.165) is 18.5 Å². The number of ether oxygens (including phenoxy) is 1. The Morgan fingerprint density at radius 3 is 3.21 bits per heavy atom. The van der Waals surface area contributed by atoms with Crippen LogP contribution in [-0.4, -0.2) is 11.1 Å². The third kappa shape index (κ3) is 1.18. The minimum absolute atomic E-state index is 0.256. The number of pyridine rings is 1. The van der Waals surface area contributed by atoms with Gasteiger partial charge in [-0.3, -0.25) is 4.98 Å². The lowest BCUT2D eigenvalue weighted by molar-refractivity contribution is 0.392. The average Bonchev–Trinajstić information content (AvgIpc) is 2.97. The van der Waals surface area contributed by atoms with Crippen LogP contribution in [0.15, 0.2) is 18.2 Å². The molecule has 0 N–H and O–H groups in total. The molecular weight excluding hydrogens is 174 g/mol. The first-order valence-electron chi connectivity index (χ1n) is 5.22. The van der Waals surface area contributed by atoms with Crippen LogP contribution in [0, 0.1) is 0 Å². The van der Waals surface area contributed by atoms with Gasteiger partial charge in [-0.05, 0) is 18.1 Å². The summed E-state index contributed by atoms with van der Waals surface area (Å²) in [6.07, 6.45) is 7.02. The normalized spacial score (nSPS) is 26.9. The Hall–Kier alpha value is -1.15. The molecule has 2 unspecified atom stereocenters. The molecule has 0 amide bonds. The fourth-order valence-electron chi connectivity index (χ4n) is 1.98. The van der Waals surface area contributed by atoms with E-state index in [-0.39, 0.29) is 6.10 Å². The SMILES string of the molecule is CCCc1ccc2c(n1)C1OC1C=C2. The zero-order valence-corrected chi connectivity index (χ0v) is 8.23. The highest BCUT2D eigenvalue weighted by atomic mass is 16.6. The van der Waals surface area contributed by atoms with Gasteiger partial charge in [-0.15, -0.1) is 0 Å². The molecule has 2 nitrogen and oxygen atoms in total. The van der Waals surface area contributed by atoms with Crippen LogP contribution in [0.2, 0.25) is 0 Å². The highest BCUT2D eigenvalue weighted by Crippen LogP contribution is 2.43. The van der Waals surface area contributed by atoms with Crippen LogP contribution in [0.25, 0.3) is 6.08 Å². The summed E-state index contributed by atoms with van der Waals surface area (Å²) in [5, 5.41) is 0. The van der Waals surface area contributed by atoms with E-state index < -0.39 is 0 Å². The van der Waals surface area contributed by atoms with Crippen molar-refractivity contribution in [1.82, 2.24) is 4.98 Å². The summed E-state index contributed by atoms with van der Waals surface area (Å²) in [6, 6.07) is 4.27. The van der Waals surface area contributed by atoms with Crippen molar-refractivity contribution in [3.05, 3.63) is 35.2 Å². The molecule has 1 aliphatic carbocycles. The Morgan fingerprint density at radius 1 is 1.43 bits per heavy atom. The zero-order valence-electron chi connectivity index (χ0n) is 8.23. The van der Waals surface area contributed by atoms with Crippen molar-refractivity contribution in [2.24, 2.45) is 0 Å². The number of hydrogen-bond donors (Lipinski definition) is 0. The number of aryl methyl sites for hydroxylation is 1. The quantitative estimate of drug-likeness (QED) is 0.665. The number of nitrogens with zero attached hydrogens (tertiary/aromatic N) is 1. The fraction of sp³-hybridized carbons (Fsp3) is 0.417. The fourth-order valence-corrected chi connectivity index (χ4v) is 1.98. The molecule has 2 atom stereocenters. The molecule has 1 fully saturated rings. The summed E-state index contributed by atoms with van der Waals surface area (Å²) >= 11 is 0. The summed E-state index contributed by atoms with van der Waals surface area (Å²) in [4.78, 5) is 4.65. The predicted octanol–water partition coefficient (Wildman–Crippen LogP) is 2.50. The van der Waals surface area contributed by atoms with E-state index >= 15 is 0 Å². The molecule has 1 saturated heterocycles. The number of epoxide rings is 1. The van der Waals surface area contributed by atoms with Gasteiger partial charge in [-0.25, -0.2) is 0 Å². The van der Waals surface area contributed by atoms with Gasteiger partial charge in [0.15, 0.2) is 0 Å². The second-order valence-electron chi connectivity index (χ2n) is 3.91. The van der Waals surface area contributed by atoms with E-state index in [4.69, 9.17) is 4.74 Å². The molecule has 72 valence electrons. The second kappa shape index (κ2) is 2.92. The van der Waals surface area contributed by atoms with Crippen molar-refractivity contribution in [1.29, 1.82) is 0 Å². The monoisotopic (exact) mass is 187 g/mol. The highest BCUT2D eigenvalue weighted by molar-refractivity contribution is 5.58. The first kappa shape index (κ1) is 8.18. The minimum Gasteiger partial charge on any atom is -0.358 e. The maximum Gasteiger partial charge on any atom is 0.131 e. The Kier molecular flexibility index (Phi) is 1.71. The van der Waals surface area contributed by atoms with Crippen LogP contribution in [-0.2, 0) is 11.2 Å². The molecule has 3 rings (SSSR count). The molecule has 1 aliphatic heterocycles. The van der Waals surface area contributed by atoms with Crippen LogP contribution in [0.3, 0.4) is 0 Å². The van der Waals surface area contributed by atoms with Crippen LogP contribution >= 0.6 is 0 Å². The number of fused-ring (bicyclic) bond motifs is 3. The van der Waals surface area contributed by atoms with Crippen LogP contribution in [0.4, 0.5) is 0 Å². The Bertz CT molecular complexity index is 397. The van der Waals surface area contributed by atoms with E-state index in [0.29, 0.717) is 6.10 Å². The third-order valence-electron chi connectivity index (χ3n) is 2.78. The Labute approximate surface area is 83.6 Å². The van der Waals surface area contributed by atoms with Gasteiger partial charge < -0.3 is 4.74 Å². The summed E-state index contributed by atoms with van der Waals surface area (Å²) in [5.74, 6) is 0. The van der Waals surface area contributed by atoms with Gasteiger partial charge in [0, 0.05) is 5.69 Å². The van der Waals surface area contributed by atoms with Crippen LogP contribution in [0.1, 0.15) is 36.4 Å². The Morgan fingerprint density at radius 2 is 2.36 bits per heavy atom. The first-order valence-corrected chi connectivity index (χ1v) is 5.22. The van der Waals surface area contributed by atoms with Crippen molar-refractivity contribution in [2.45, 2.75) is 32.0 Å². The molecule has 1 aromatic heterocycles. The molecule has 0 bridgehead atoms. The maximum absolute atomic E-state index is 5.49. The molecular formula is C12H13NO. The van der Waals surface area contributed by atoms with Gasteiger partial charge in [-0.1, -0.05) is 31.6 Å². The largest absolute Gasteiger partial charge is 0.358 e. The summed E-state index contributed by atoms with van der Waals surface area (Å²) in [7, 11) is 0. The first-order chi connectivity index (χ1) is 6.88. The topological polar surface area (TPSA) is 25.4 Å². The molecule has 0 aromatic carbocycles. The molecule has 0 radical (unpaired) electrons. The van der Waals surface area contributed by atoms with Crippen LogP contribution < -0.4 is 0 Å².